The highest BCUT2D eigenvalue weighted by Gasteiger charge is 2.34. The lowest BCUT2D eigenvalue weighted by Crippen LogP contribution is -2.22. The smallest absolute Gasteiger partial charge is 0.312 e. The molecule has 0 saturated carbocycles. The van der Waals surface area contributed by atoms with E-state index in [9.17, 15) is 19.8 Å². The van der Waals surface area contributed by atoms with E-state index < -0.39 is 17.3 Å². The zero-order valence-corrected chi connectivity index (χ0v) is 17.0. The van der Waals surface area contributed by atoms with Crippen LogP contribution in [0.5, 0.6) is 28.7 Å². The number of benzene rings is 3. The number of esters is 1. The molecule has 3 heterocycles. The Balaban J connectivity index is 1.62. The minimum absolute atomic E-state index is 0.0000272. The van der Waals surface area contributed by atoms with Gasteiger partial charge in [0.05, 0.1) is 6.42 Å². The molecule has 0 amide bonds. The number of rotatable bonds is 2. The number of hydrogen-bond acceptors (Lipinski definition) is 8. The van der Waals surface area contributed by atoms with Gasteiger partial charge < -0.3 is 28.8 Å². The quantitative estimate of drug-likeness (QED) is 0.352. The van der Waals surface area contributed by atoms with Crippen LogP contribution in [-0.4, -0.2) is 23.0 Å². The van der Waals surface area contributed by atoms with Gasteiger partial charge in [0.2, 0.25) is 6.79 Å². The first-order valence-electron chi connectivity index (χ1n) is 10.2. The van der Waals surface area contributed by atoms with Crippen LogP contribution in [0.2, 0.25) is 0 Å². The zero-order chi connectivity index (χ0) is 22.7. The standard InChI is InChI=1S/C25H16O8/c26-14-4-1-12(2-5-14)19-9-16(27)24-17(28)10-21-23(25(24)33-19)15(8-22(29)32-21)13-3-6-18-20(7-13)31-11-30-18/h1-7,9-10,15,26,28H,8,11H2/t15-/m1/s1. The Hall–Kier alpha value is -4.46. The summed E-state index contributed by atoms with van der Waals surface area (Å²) >= 11 is 0. The summed E-state index contributed by atoms with van der Waals surface area (Å²) in [5, 5.41) is 20.1. The maximum Gasteiger partial charge on any atom is 0.312 e. The first kappa shape index (κ1) is 19.2. The van der Waals surface area contributed by atoms with Gasteiger partial charge in [-0.15, -0.1) is 0 Å². The Bertz CT molecular complexity index is 1500. The van der Waals surface area contributed by atoms with Crippen molar-refractivity contribution >= 4 is 16.9 Å². The van der Waals surface area contributed by atoms with Crippen molar-refractivity contribution in [2.75, 3.05) is 6.79 Å². The molecule has 33 heavy (non-hydrogen) atoms. The predicted octanol–water partition coefficient (Wildman–Crippen LogP) is 4.04. The molecule has 0 bridgehead atoms. The van der Waals surface area contributed by atoms with Crippen molar-refractivity contribution < 1.29 is 33.6 Å². The Morgan fingerprint density at radius 1 is 0.848 bits per heavy atom. The van der Waals surface area contributed by atoms with E-state index in [1.54, 1.807) is 24.3 Å². The van der Waals surface area contributed by atoms with Crippen LogP contribution in [0.25, 0.3) is 22.3 Å². The first-order valence-corrected chi connectivity index (χ1v) is 10.2. The van der Waals surface area contributed by atoms with Gasteiger partial charge in [-0.25, -0.2) is 0 Å². The van der Waals surface area contributed by atoms with Gasteiger partial charge in [0, 0.05) is 29.2 Å². The van der Waals surface area contributed by atoms with E-state index in [-0.39, 0.29) is 47.2 Å². The van der Waals surface area contributed by atoms with Gasteiger partial charge in [0.1, 0.15) is 34.0 Å². The normalized spacial score (nSPS) is 16.5. The van der Waals surface area contributed by atoms with Crippen molar-refractivity contribution in [3.05, 3.63) is 75.9 Å². The summed E-state index contributed by atoms with van der Waals surface area (Å²) in [6, 6.07) is 14.1. The number of carbonyl (C=O) groups is 1. The summed E-state index contributed by atoms with van der Waals surface area (Å²) < 4.78 is 22.4. The molecule has 0 fully saturated rings. The van der Waals surface area contributed by atoms with E-state index in [2.05, 4.69) is 0 Å². The van der Waals surface area contributed by atoms with Crippen molar-refractivity contribution in [3.63, 3.8) is 0 Å². The Morgan fingerprint density at radius 2 is 1.64 bits per heavy atom. The van der Waals surface area contributed by atoms with Crippen molar-refractivity contribution in [3.8, 4) is 40.1 Å². The average molecular weight is 444 g/mol. The number of ether oxygens (including phenoxy) is 3. The van der Waals surface area contributed by atoms with Crippen LogP contribution in [0, 0.1) is 0 Å². The molecule has 4 aromatic rings. The average Bonchev–Trinajstić information content (AvgIpc) is 3.26. The molecule has 0 spiro atoms. The summed E-state index contributed by atoms with van der Waals surface area (Å²) in [4.78, 5) is 25.4. The van der Waals surface area contributed by atoms with Gasteiger partial charge in [-0.05, 0) is 42.0 Å². The van der Waals surface area contributed by atoms with Crippen LogP contribution in [0.15, 0.2) is 63.8 Å². The Morgan fingerprint density at radius 3 is 2.45 bits per heavy atom. The van der Waals surface area contributed by atoms with Gasteiger partial charge >= 0.3 is 5.97 Å². The van der Waals surface area contributed by atoms with E-state index >= 15 is 0 Å². The van der Waals surface area contributed by atoms with Crippen LogP contribution >= 0.6 is 0 Å². The second-order valence-electron chi connectivity index (χ2n) is 7.88. The van der Waals surface area contributed by atoms with Crippen LogP contribution in [0.3, 0.4) is 0 Å². The lowest BCUT2D eigenvalue weighted by atomic mass is 9.85. The molecule has 0 saturated heterocycles. The molecule has 0 aliphatic carbocycles. The summed E-state index contributed by atoms with van der Waals surface area (Å²) in [6.45, 7) is 0.115. The van der Waals surface area contributed by atoms with Gasteiger partial charge in [-0.2, -0.15) is 0 Å². The number of carbonyl (C=O) groups excluding carboxylic acids is 1. The van der Waals surface area contributed by atoms with Gasteiger partial charge in [-0.3, -0.25) is 9.59 Å². The summed E-state index contributed by atoms with van der Waals surface area (Å²) in [5.74, 6) is 0.307. The largest absolute Gasteiger partial charge is 0.508 e. The number of aromatic hydroxyl groups is 2. The van der Waals surface area contributed by atoms with Crippen LogP contribution < -0.4 is 19.6 Å². The molecule has 0 unspecified atom stereocenters. The number of phenolic OH excluding ortho intramolecular Hbond substituents is 2. The second-order valence-corrected chi connectivity index (χ2v) is 7.88. The summed E-state index contributed by atoms with van der Waals surface area (Å²) in [7, 11) is 0. The fourth-order valence-corrected chi connectivity index (χ4v) is 4.34. The van der Waals surface area contributed by atoms with E-state index in [0.29, 0.717) is 22.6 Å². The maximum absolute atomic E-state index is 13.0. The SMILES string of the molecule is O=C1C[C@H](c2ccc3c(c2)OCO3)c2c(cc(O)c3c(=O)cc(-c4ccc(O)cc4)oc23)O1. The lowest BCUT2D eigenvalue weighted by molar-refractivity contribution is -0.135. The first-order chi connectivity index (χ1) is 16.0. The molecular formula is C25H16O8. The van der Waals surface area contributed by atoms with Crippen molar-refractivity contribution in [2.24, 2.45) is 0 Å². The number of phenols is 2. The van der Waals surface area contributed by atoms with Crippen molar-refractivity contribution in [2.45, 2.75) is 12.3 Å². The van der Waals surface area contributed by atoms with Crippen LogP contribution in [-0.2, 0) is 4.79 Å². The second kappa shape index (κ2) is 7.03. The molecule has 8 nitrogen and oxygen atoms in total. The Labute approximate surface area is 186 Å². The van der Waals surface area contributed by atoms with Crippen molar-refractivity contribution in [1.82, 2.24) is 0 Å². The van der Waals surface area contributed by atoms with Crippen LogP contribution in [0.4, 0.5) is 0 Å². The fraction of sp³-hybridized carbons (Fsp3) is 0.120. The van der Waals surface area contributed by atoms with E-state index in [1.807, 2.05) is 6.07 Å². The minimum Gasteiger partial charge on any atom is -0.508 e. The molecule has 3 aromatic carbocycles. The molecule has 164 valence electrons. The molecular weight excluding hydrogens is 428 g/mol. The fourth-order valence-electron chi connectivity index (χ4n) is 4.34. The zero-order valence-electron chi connectivity index (χ0n) is 17.0. The van der Waals surface area contributed by atoms with Gasteiger partial charge in [0.15, 0.2) is 16.9 Å². The molecule has 2 N–H and O–H groups in total. The third-order valence-electron chi connectivity index (χ3n) is 5.88. The maximum atomic E-state index is 13.0. The van der Waals surface area contributed by atoms with Gasteiger partial charge in [-0.1, -0.05) is 6.07 Å². The molecule has 0 radical (unpaired) electrons. The van der Waals surface area contributed by atoms with Gasteiger partial charge in [0.25, 0.3) is 0 Å². The molecule has 2 aliphatic heterocycles. The third-order valence-corrected chi connectivity index (χ3v) is 5.88. The predicted molar refractivity (Wildman–Crippen MR) is 116 cm³/mol. The number of fused-ring (bicyclic) bond motifs is 4. The third kappa shape index (κ3) is 3.07. The van der Waals surface area contributed by atoms with Crippen LogP contribution in [0.1, 0.15) is 23.5 Å². The molecule has 6 rings (SSSR count). The van der Waals surface area contributed by atoms with Crippen molar-refractivity contribution in [1.29, 1.82) is 0 Å². The molecule has 1 atom stereocenters. The summed E-state index contributed by atoms with van der Waals surface area (Å²) in [6.07, 6.45) is 0.0136. The van der Waals surface area contributed by atoms with E-state index in [1.165, 1.54) is 24.3 Å². The molecule has 8 heteroatoms. The highest BCUT2D eigenvalue weighted by Crippen LogP contribution is 2.47. The highest BCUT2D eigenvalue weighted by atomic mass is 16.7. The molecule has 2 aliphatic rings. The monoisotopic (exact) mass is 444 g/mol. The lowest BCUT2D eigenvalue weighted by Gasteiger charge is -2.26. The van der Waals surface area contributed by atoms with E-state index in [4.69, 9.17) is 18.6 Å². The van der Waals surface area contributed by atoms with E-state index in [0.717, 1.165) is 5.56 Å². The summed E-state index contributed by atoms with van der Waals surface area (Å²) in [5.41, 5.74) is 1.49. The Kier molecular flexibility index (Phi) is 4.10. The minimum atomic E-state index is -0.503. The highest BCUT2D eigenvalue weighted by molar-refractivity contribution is 5.93. The number of hydrogen-bond donors (Lipinski definition) is 2. The topological polar surface area (TPSA) is 115 Å². The molecule has 1 aromatic heterocycles.